The lowest BCUT2D eigenvalue weighted by Gasteiger charge is -2.42. The van der Waals surface area contributed by atoms with E-state index in [4.69, 9.17) is 4.74 Å². The predicted molar refractivity (Wildman–Crippen MR) is 61.4 cm³/mol. The molecule has 2 amide bonds. The van der Waals surface area contributed by atoms with E-state index in [1.54, 1.807) is 20.8 Å². The summed E-state index contributed by atoms with van der Waals surface area (Å²) in [5, 5.41) is 12.0. The second-order valence-electron chi connectivity index (χ2n) is 5.32. The number of aliphatic hydroxyl groups excluding tert-OH is 1. The molecule has 17 heavy (non-hydrogen) atoms. The van der Waals surface area contributed by atoms with Crippen molar-refractivity contribution in [3.05, 3.63) is 0 Å². The topological polar surface area (TPSA) is 78.9 Å². The summed E-state index contributed by atoms with van der Waals surface area (Å²) in [5.41, 5.74) is -1.87. The van der Waals surface area contributed by atoms with E-state index in [1.807, 2.05) is 0 Å². The first-order valence-corrected chi connectivity index (χ1v) is 5.60. The molecule has 1 rings (SSSR count). The summed E-state index contributed by atoms with van der Waals surface area (Å²) in [5.74, 6) is -0.364. The third-order valence-electron chi connectivity index (χ3n) is 2.63. The minimum atomic E-state index is -1.25. The Labute approximate surface area is 101 Å². The molecule has 1 heterocycles. The largest absolute Gasteiger partial charge is 0.444 e. The Morgan fingerprint density at radius 1 is 1.59 bits per heavy atom. The molecule has 1 aliphatic rings. The van der Waals surface area contributed by atoms with Crippen molar-refractivity contribution in [2.45, 2.75) is 38.8 Å². The molecule has 6 nitrogen and oxygen atoms in total. The molecule has 0 saturated carbocycles. The highest BCUT2D eigenvalue weighted by Crippen LogP contribution is 2.21. The molecule has 0 aromatic carbocycles. The van der Waals surface area contributed by atoms with Gasteiger partial charge < -0.3 is 15.2 Å². The minimum Gasteiger partial charge on any atom is -0.444 e. The van der Waals surface area contributed by atoms with Crippen LogP contribution in [0.25, 0.3) is 0 Å². The first-order chi connectivity index (χ1) is 7.70. The minimum absolute atomic E-state index is 0.331. The SMILES string of the molecule is CC(C)(C)OC(=O)N1CCNC(=O)[C@@]1(C)CO. The van der Waals surface area contributed by atoms with Crippen LogP contribution in [0.5, 0.6) is 0 Å². The van der Waals surface area contributed by atoms with Gasteiger partial charge in [-0.05, 0) is 27.7 Å². The Morgan fingerprint density at radius 3 is 2.65 bits per heavy atom. The summed E-state index contributed by atoms with van der Waals surface area (Å²) in [7, 11) is 0. The van der Waals surface area contributed by atoms with Gasteiger partial charge in [-0.3, -0.25) is 9.69 Å². The molecule has 2 N–H and O–H groups in total. The summed E-state index contributed by atoms with van der Waals surface area (Å²) < 4.78 is 5.22. The van der Waals surface area contributed by atoms with E-state index in [0.29, 0.717) is 13.1 Å². The monoisotopic (exact) mass is 244 g/mol. The number of amides is 2. The number of hydrogen-bond donors (Lipinski definition) is 2. The number of carbonyl (C=O) groups is 2. The van der Waals surface area contributed by atoms with Crippen LogP contribution in [0.4, 0.5) is 4.79 Å². The smallest absolute Gasteiger partial charge is 0.411 e. The Bertz CT molecular complexity index is 324. The van der Waals surface area contributed by atoms with Gasteiger partial charge in [-0.1, -0.05) is 0 Å². The maximum Gasteiger partial charge on any atom is 0.411 e. The quantitative estimate of drug-likeness (QED) is 0.686. The number of carbonyl (C=O) groups excluding carboxylic acids is 2. The average molecular weight is 244 g/mol. The van der Waals surface area contributed by atoms with Gasteiger partial charge in [0.2, 0.25) is 5.91 Å². The summed E-state index contributed by atoms with van der Waals surface area (Å²) in [6, 6.07) is 0. The van der Waals surface area contributed by atoms with Crippen molar-refractivity contribution in [1.82, 2.24) is 10.2 Å². The standard InChI is InChI=1S/C11H20N2O4/c1-10(2,3)17-9(16)13-6-5-12-8(15)11(13,4)7-14/h14H,5-7H2,1-4H3,(H,12,15)/t11-/m1/s1. The highest BCUT2D eigenvalue weighted by atomic mass is 16.6. The van der Waals surface area contributed by atoms with Gasteiger partial charge in [0.1, 0.15) is 11.1 Å². The van der Waals surface area contributed by atoms with Crippen molar-refractivity contribution in [3.63, 3.8) is 0 Å². The van der Waals surface area contributed by atoms with Crippen LogP contribution in [-0.2, 0) is 9.53 Å². The van der Waals surface area contributed by atoms with Crippen LogP contribution in [0.1, 0.15) is 27.7 Å². The lowest BCUT2D eigenvalue weighted by Crippen LogP contribution is -2.67. The number of hydrogen-bond acceptors (Lipinski definition) is 4. The molecule has 0 aromatic heterocycles. The van der Waals surface area contributed by atoms with E-state index < -0.39 is 23.8 Å². The first kappa shape index (κ1) is 13.8. The number of piperazine rings is 1. The summed E-state index contributed by atoms with van der Waals surface area (Å²) in [6.45, 7) is 7.05. The third kappa shape index (κ3) is 2.88. The van der Waals surface area contributed by atoms with Gasteiger partial charge in [-0.15, -0.1) is 0 Å². The number of nitrogens with one attached hydrogen (secondary N) is 1. The number of nitrogens with zero attached hydrogens (tertiary/aromatic N) is 1. The molecule has 0 spiro atoms. The molecular weight excluding hydrogens is 224 g/mol. The second kappa shape index (κ2) is 4.52. The van der Waals surface area contributed by atoms with Crippen LogP contribution in [0, 0.1) is 0 Å². The average Bonchev–Trinajstić information content (AvgIpc) is 2.19. The molecular formula is C11H20N2O4. The van der Waals surface area contributed by atoms with Crippen LogP contribution in [0.15, 0.2) is 0 Å². The van der Waals surface area contributed by atoms with Gasteiger partial charge in [0, 0.05) is 13.1 Å². The zero-order valence-electron chi connectivity index (χ0n) is 10.7. The van der Waals surface area contributed by atoms with E-state index in [1.165, 1.54) is 11.8 Å². The molecule has 0 aliphatic carbocycles. The zero-order chi connectivity index (χ0) is 13.3. The third-order valence-corrected chi connectivity index (χ3v) is 2.63. The van der Waals surface area contributed by atoms with Crippen LogP contribution in [0.2, 0.25) is 0 Å². The first-order valence-electron chi connectivity index (χ1n) is 5.60. The zero-order valence-corrected chi connectivity index (χ0v) is 10.7. The Balaban J connectivity index is 2.87. The van der Waals surface area contributed by atoms with Crippen molar-refractivity contribution in [2.75, 3.05) is 19.7 Å². The lowest BCUT2D eigenvalue weighted by atomic mass is 9.98. The predicted octanol–water partition coefficient (Wildman–Crippen LogP) is 0.104. The van der Waals surface area contributed by atoms with Gasteiger partial charge in [0.15, 0.2) is 0 Å². The van der Waals surface area contributed by atoms with E-state index >= 15 is 0 Å². The van der Waals surface area contributed by atoms with Crippen molar-refractivity contribution >= 4 is 12.0 Å². The summed E-state index contributed by atoms with van der Waals surface area (Å²) in [6.07, 6.45) is -0.580. The van der Waals surface area contributed by atoms with Crippen molar-refractivity contribution in [3.8, 4) is 0 Å². The molecule has 0 aromatic rings. The molecule has 0 unspecified atom stereocenters. The normalized spacial score (nSPS) is 25.5. The van der Waals surface area contributed by atoms with Crippen molar-refractivity contribution in [2.24, 2.45) is 0 Å². The number of rotatable bonds is 1. The van der Waals surface area contributed by atoms with Gasteiger partial charge in [0.25, 0.3) is 0 Å². The molecule has 0 bridgehead atoms. The fraction of sp³-hybridized carbons (Fsp3) is 0.818. The van der Waals surface area contributed by atoms with Crippen LogP contribution < -0.4 is 5.32 Å². The number of ether oxygens (including phenoxy) is 1. The Kier molecular flexibility index (Phi) is 3.66. The highest BCUT2D eigenvalue weighted by molar-refractivity contribution is 5.90. The maximum atomic E-state index is 11.9. The van der Waals surface area contributed by atoms with Crippen LogP contribution in [0.3, 0.4) is 0 Å². The molecule has 0 radical (unpaired) electrons. The molecule has 98 valence electrons. The molecule has 1 aliphatic heterocycles. The molecule has 1 atom stereocenters. The fourth-order valence-electron chi connectivity index (χ4n) is 1.61. The van der Waals surface area contributed by atoms with Crippen LogP contribution >= 0.6 is 0 Å². The summed E-state index contributed by atoms with van der Waals surface area (Å²) in [4.78, 5) is 24.9. The van der Waals surface area contributed by atoms with Crippen molar-refractivity contribution < 1.29 is 19.4 Å². The molecule has 1 fully saturated rings. The van der Waals surface area contributed by atoms with Crippen molar-refractivity contribution in [1.29, 1.82) is 0 Å². The van der Waals surface area contributed by atoms with Gasteiger partial charge in [-0.2, -0.15) is 0 Å². The highest BCUT2D eigenvalue weighted by Gasteiger charge is 2.45. The lowest BCUT2D eigenvalue weighted by molar-refractivity contribution is -0.138. The van der Waals surface area contributed by atoms with E-state index in [-0.39, 0.29) is 5.91 Å². The van der Waals surface area contributed by atoms with E-state index in [9.17, 15) is 14.7 Å². The molecule has 1 saturated heterocycles. The Hall–Kier alpha value is -1.30. The fourth-order valence-corrected chi connectivity index (χ4v) is 1.61. The number of aliphatic hydroxyl groups is 1. The van der Waals surface area contributed by atoms with Gasteiger partial charge in [-0.25, -0.2) is 4.79 Å². The molecule has 6 heteroatoms. The summed E-state index contributed by atoms with van der Waals surface area (Å²) >= 11 is 0. The van der Waals surface area contributed by atoms with Gasteiger partial charge >= 0.3 is 6.09 Å². The van der Waals surface area contributed by atoms with E-state index in [0.717, 1.165) is 0 Å². The van der Waals surface area contributed by atoms with Crippen LogP contribution in [-0.4, -0.2) is 52.8 Å². The Morgan fingerprint density at radius 2 is 2.18 bits per heavy atom. The maximum absolute atomic E-state index is 11.9. The second-order valence-corrected chi connectivity index (χ2v) is 5.32. The van der Waals surface area contributed by atoms with Gasteiger partial charge in [0.05, 0.1) is 6.61 Å². The van der Waals surface area contributed by atoms with E-state index in [2.05, 4.69) is 5.32 Å².